The summed E-state index contributed by atoms with van der Waals surface area (Å²) < 4.78 is 55.1. The monoisotopic (exact) mass is 485 g/mol. The molecular formula is C18H9Cl2F4N7O. The Morgan fingerprint density at radius 1 is 1.00 bits per heavy atom. The van der Waals surface area contributed by atoms with E-state index in [-0.39, 0.29) is 27.2 Å². The van der Waals surface area contributed by atoms with Crippen molar-refractivity contribution < 1.29 is 22.4 Å². The molecule has 3 heterocycles. The second kappa shape index (κ2) is 8.20. The first-order chi connectivity index (χ1) is 15.1. The van der Waals surface area contributed by atoms with Crippen LogP contribution in [0.2, 0.25) is 10.0 Å². The third-order valence-electron chi connectivity index (χ3n) is 4.11. The van der Waals surface area contributed by atoms with Crippen LogP contribution in [0.1, 0.15) is 16.1 Å². The summed E-state index contributed by atoms with van der Waals surface area (Å²) in [6.45, 7) is 0. The molecule has 3 aromatic heterocycles. The lowest BCUT2D eigenvalue weighted by Crippen LogP contribution is -2.21. The van der Waals surface area contributed by atoms with Crippen molar-refractivity contribution in [2.45, 2.75) is 6.18 Å². The highest BCUT2D eigenvalue weighted by Gasteiger charge is 2.41. The first kappa shape index (κ1) is 21.7. The van der Waals surface area contributed by atoms with E-state index in [2.05, 4.69) is 25.6 Å². The minimum Gasteiger partial charge on any atom is -0.320 e. The lowest BCUT2D eigenvalue weighted by molar-refractivity contribution is -0.143. The van der Waals surface area contributed by atoms with Crippen molar-refractivity contribution in [1.29, 1.82) is 0 Å². The Morgan fingerprint density at radius 3 is 2.34 bits per heavy atom. The van der Waals surface area contributed by atoms with Gasteiger partial charge in [0.2, 0.25) is 0 Å². The van der Waals surface area contributed by atoms with Gasteiger partial charge in [-0.25, -0.2) is 14.1 Å². The quantitative estimate of drug-likeness (QED) is 0.427. The first-order valence-corrected chi connectivity index (χ1v) is 9.35. The van der Waals surface area contributed by atoms with Gasteiger partial charge in [0.05, 0.1) is 51.8 Å². The SMILES string of the molecule is O=C(Nc1cnc(-n2nccn2)c(Cl)c1)c1cnn(-c2ccc(F)cc2Cl)c1C(F)(F)F. The summed E-state index contributed by atoms with van der Waals surface area (Å²) in [6.07, 6.45) is -0.271. The summed E-state index contributed by atoms with van der Waals surface area (Å²) in [5.41, 5.74) is -2.40. The van der Waals surface area contributed by atoms with Crippen LogP contribution in [-0.4, -0.2) is 35.7 Å². The number of hydrogen-bond donors (Lipinski definition) is 1. The molecule has 14 heteroatoms. The van der Waals surface area contributed by atoms with Crippen LogP contribution in [0.5, 0.6) is 0 Å². The van der Waals surface area contributed by atoms with Gasteiger partial charge in [-0.15, -0.1) is 4.80 Å². The molecule has 0 aliphatic rings. The number of aromatic nitrogens is 6. The molecule has 0 spiro atoms. The number of nitrogens with one attached hydrogen (secondary N) is 1. The number of carbonyl (C=O) groups excluding carboxylic acids is 1. The fourth-order valence-electron chi connectivity index (χ4n) is 2.79. The fourth-order valence-corrected chi connectivity index (χ4v) is 3.28. The van der Waals surface area contributed by atoms with Crippen LogP contribution in [0.3, 0.4) is 0 Å². The number of anilines is 1. The lowest BCUT2D eigenvalue weighted by atomic mass is 10.2. The number of benzene rings is 1. The van der Waals surface area contributed by atoms with Crippen molar-refractivity contribution in [3.8, 4) is 11.5 Å². The molecule has 0 aliphatic heterocycles. The van der Waals surface area contributed by atoms with E-state index in [9.17, 15) is 22.4 Å². The Morgan fingerprint density at radius 2 is 1.72 bits per heavy atom. The third-order valence-corrected chi connectivity index (χ3v) is 4.69. The van der Waals surface area contributed by atoms with Crippen LogP contribution in [0.15, 0.2) is 49.1 Å². The number of rotatable bonds is 4. The molecule has 0 radical (unpaired) electrons. The van der Waals surface area contributed by atoms with Crippen molar-refractivity contribution in [2.75, 3.05) is 5.32 Å². The van der Waals surface area contributed by atoms with E-state index in [1.165, 1.54) is 24.7 Å². The Hall–Kier alpha value is -3.51. The Balaban J connectivity index is 1.69. The zero-order valence-corrected chi connectivity index (χ0v) is 17.0. The number of nitrogens with zero attached hydrogens (tertiary/aromatic N) is 6. The van der Waals surface area contributed by atoms with Crippen LogP contribution in [0.4, 0.5) is 23.2 Å². The fraction of sp³-hybridized carbons (Fsp3) is 0.0556. The average molecular weight is 486 g/mol. The molecule has 1 amide bonds. The van der Waals surface area contributed by atoms with Crippen LogP contribution in [-0.2, 0) is 6.18 Å². The van der Waals surface area contributed by atoms with E-state index < -0.39 is 29.2 Å². The van der Waals surface area contributed by atoms with Gasteiger partial charge < -0.3 is 5.32 Å². The highest BCUT2D eigenvalue weighted by Crippen LogP contribution is 2.35. The van der Waals surface area contributed by atoms with Gasteiger partial charge in [0, 0.05) is 0 Å². The van der Waals surface area contributed by atoms with E-state index >= 15 is 0 Å². The number of alkyl halides is 3. The minimum absolute atomic E-state index is 0.0246. The van der Waals surface area contributed by atoms with E-state index in [0.717, 1.165) is 29.2 Å². The second-order valence-corrected chi connectivity index (χ2v) is 7.03. The summed E-state index contributed by atoms with van der Waals surface area (Å²) in [6, 6.07) is 4.06. The van der Waals surface area contributed by atoms with E-state index in [0.29, 0.717) is 4.68 Å². The highest BCUT2D eigenvalue weighted by molar-refractivity contribution is 6.32. The van der Waals surface area contributed by atoms with Crippen LogP contribution >= 0.6 is 23.2 Å². The molecule has 8 nitrogen and oxygen atoms in total. The van der Waals surface area contributed by atoms with Gasteiger partial charge in [0.25, 0.3) is 5.91 Å². The summed E-state index contributed by atoms with van der Waals surface area (Å²) >= 11 is 12.0. The molecule has 32 heavy (non-hydrogen) atoms. The lowest BCUT2D eigenvalue weighted by Gasteiger charge is -2.14. The second-order valence-electron chi connectivity index (χ2n) is 6.21. The highest BCUT2D eigenvalue weighted by atomic mass is 35.5. The molecule has 0 fully saturated rings. The molecule has 0 aliphatic carbocycles. The largest absolute Gasteiger partial charge is 0.434 e. The molecular weight excluding hydrogens is 477 g/mol. The van der Waals surface area contributed by atoms with Gasteiger partial charge in [-0.2, -0.15) is 28.5 Å². The number of amides is 1. The van der Waals surface area contributed by atoms with Crippen molar-refractivity contribution in [2.24, 2.45) is 0 Å². The van der Waals surface area contributed by atoms with E-state index in [1.54, 1.807) is 0 Å². The standard InChI is InChI=1S/C18H9Cl2F4N7O/c19-12-5-9(21)1-2-14(12)30-15(18(22,23)24)11(8-28-30)17(32)29-10-6-13(20)16(25-7-10)31-26-3-4-27-31/h1-8H,(H,29,32). The van der Waals surface area contributed by atoms with Gasteiger partial charge in [-0.3, -0.25) is 4.79 Å². The van der Waals surface area contributed by atoms with Gasteiger partial charge in [-0.1, -0.05) is 23.2 Å². The summed E-state index contributed by atoms with van der Waals surface area (Å²) in [7, 11) is 0. The van der Waals surface area contributed by atoms with Crippen molar-refractivity contribution in [3.05, 3.63) is 76.2 Å². The zero-order valence-electron chi connectivity index (χ0n) is 15.5. The number of halogens is 6. The Labute approximate surface area is 186 Å². The molecule has 0 saturated carbocycles. The predicted octanol–water partition coefficient (Wildman–Crippen LogP) is 4.57. The van der Waals surface area contributed by atoms with Crippen molar-refractivity contribution in [3.63, 3.8) is 0 Å². The van der Waals surface area contributed by atoms with Crippen LogP contribution in [0, 0.1) is 5.82 Å². The topological polar surface area (TPSA) is 90.5 Å². The molecule has 4 rings (SSSR count). The van der Waals surface area contributed by atoms with Gasteiger partial charge in [0.15, 0.2) is 11.5 Å². The molecule has 1 N–H and O–H groups in total. The normalized spacial score (nSPS) is 11.6. The van der Waals surface area contributed by atoms with Crippen LogP contribution in [0.25, 0.3) is 11.5 Å². The minimum atomic E-state index is -4.98. The smallest absolute Gasteiger partial charge is 0.320 e. The van der Waals surface area contributed by atoms with E-state index in [1.807, 2.05) is 0 Å². The average Bonchev–Trinajstić information content (AvgIpc) is 3.38. The summed E-state index contributed by atoms with van der Waals surface area (Å²) in [5, 5.41) is 13.4. The molecule has 0 bridgehead atoms. The Kier molecular flexibility index (Phi) is 5.57. The van der Waals surface area contributed by atoms with Gasteiger partial charge in [0.1, 0.15) is 5.82 Å². The maximum Gasteiger partial charge on any atom is 0.434 e. The summed E-state index contributed by atoms with van der Waals surface area (Å²) in [5.74, 6) is -1.70. The Bertz CT molecular complexity index is 1310. The molecule has 164 valence electrons. The van der Waals surface area contributed by atoms with Crippen molar-refractivity contribution in [1.82, 2.24) is 29.8 Å². The molecule has 0 unspecified atom stereocenters. The van der Waals surface area contributed by atoms with Gasteiger partial charge >= 0.3 is 6.18 Å². The zero-order chi connectivity index (χ0) is 23.0. The molecule has 0 atom stereocenters. The van der Waals surface area contributed by atoms with Gasteiger partial charge in [-0.05, 0) is 24.3 Å². The van der Waals surface area contributed by atoms with E-state index in [4.69, 9.17) is 23.2 Å². The first-order valence-electron chi connectivity index (χ1n) is 8.59. The maximum atomic E-state index is 13.8. The number of pyridine rings is 1. The summed E-state index contributed by atoms with van der Waals surface area (Å²) in [4.78, 5) is 17.8. The molecule has 1 aromatic carbocycles. The predicted molar refractivity (Wildman–Crippen MR) is 106 cm³/mol. The molecule has 4 aromatic rings. The van der Waals surface area contributed by atoms with Crippen LogP contribution < -0.4 is 5.32 Å². The number of hydrogen-bond acceptors (Lipinski definition) is 5. The number of carbonyl (C=O) groups is 1. The maximum absolute atomic E-state index is 13.8. The third kappa shape index (κ3) is 4.14. The van der Waals surface area contributed by atoms with Crippen molar-refractivity contribution >= 4 is 34.8 Å². The molecule has 0 saturated heterocycles.